The molecule has 1 aromatic carbocycles. The van der Waals surface area contributed by atoms with Crippen molar-refractivity contribution in [1.82, 2.24) is 5.32 Å². The van der Waals surface area contributed by atoms with Gasteiger partial charge in [0.25, 0.3) is 5.91 Å². The predicted molar refractivity (Wildman–Crippen MR) is 79.3 cm³/mol. The second-order valence-corrected chi connectivity index (χ2v) is 5.07. The lowest BCUT2D eigenvalue weighted by Gasteiger charge is -2.09. The maximum absolute atomic E-state index is 13.0. The zero-order valence-electron chi connectivity index (χ0n) is 10.4. The fourth-order valence-electron chi connectivity index (χ4n) is 1.38. The molecule has 1 N–H and O–H groups in total. The normalized spacial score (nSPS) is 11.6. The molecule has 0 saturated heterocycles. The summed E-state index contributed by atoms with van der Waals surface area (Å²) in [5.74, 6) is -2.41. The maximum atomic E-state index is 13.0. The first kappa shape index (κ1) is 16.6. The first-order valence-electron chi connectivity index (χ1n) is 5.46. The van der Waals surface area contributed by atoms with Gasteiger partial charge >= 0.3 is 0 Å². The first-order valence-corrected chi connectivity index (χ1v) is 6.63. The van der Waals surface area contributed by atoms with E-state index < -0.39 is 17.5 Å². The van der Waals surface area contributed by atoms with E-state index >= 15 is 0 Å². The molecule has 1 aromatic rings. The smallest absolute Gasteiger partial charge is 0.254 e. The molecule has 2 nitrogen and oxygen atoms in total. The highest BCUT2D eigenvalue weighted by molar-refractivity contribution is 9.12. The summed E-state index contributed by atoms with van der Waals surface area (Å²) >= 11 is 8.88. The molecule has 1 rings (SSSR count). The van der Waals surface area contributed by atoms with Gasteiger partial charge in [-0.25, -0.2) is 8.78 Å². The molecular formula is C14H11BrClF2NO. The summed E-state index contributed by atoms with van der Waals surface area (Å²) in [5, 5.41) is 2.57. The molecule has 0 aromatic heterocycles. The van der Waals surface area contributed by atoms with Crippen molar-refractivity contribution in [2.24, 2.45) is 0 Å². The summed E-state index contributed by atoms with van der Waals surface area (Å²) in [6.07, 6.45) is 1.40. The van der Waals surface area contributed by atoms with Crippen molar-refractivity contribution in [3.05, 3.63) is 69.7 Å². The lowest BCUT2D eigenvalue weighted by atomic mass is 10.2. The van der Waals surface area contributed by atoms with E-state index in [2.05, 4.69) is 34.4 Å². The van der Waals surface area contributed by atoms with E-state index in [1.807, 2.05) is 0 Å². The van der Waals surface area contributed by atoms with E-state index in [0.29, 0.717) is 10.0 Å². The van der Waals surface area contributed by atoms with E-state index in [9.17, 15) is 13.6 Å². The summed E-state index contributed by atoms with van der Waals surface area (Å²) in [5.41, 5.74) is 0.552. The van der Waals surface area contributed by atoms with Crippen LogP contribution in [-0.4, -0.2) is 5.91 Å². The minimum Gasteiger partial charge on any atom is -0.348 e. The minimum absolute atomic E-state index is 0.0289. The lowest BCUT2D eigenvalue weighted by molar-refractivity contribution is -0.117. The molecule has 6 heteroatoms. The number of allylic oxidation sites excluding steroid dienone is 2. The van der Waals surface area contributed by atoms with Gasteiger partial charge in [-0.05, 0) is 33.6 Å². The van der Waals surface area contributed by atoms with Crippen LogP contribution in [0.3, 0.4) is 0 Å². The average molecular weight is 363 g/mol. The number of carbonyl (C=O) groups is 1. The monoisotopic (exact) mass is 361 g/mol. The molecule has 0 radical (unpaired) electrons. The van der Waals surface area contributed by atoms with Crippen LogP contribution >= 0.6 is 27.5 Å². The molecule has 20 heavy (non-hydrogen) atoms. The van der Waals surface area contributed by atoms with Gasteiger partial charge in [0.1, 0.15) is 0 Å². The minimum atomic E-state index is -0.971. The van der Waals surface area contributed by atoms with Crippen LogP contribution in [-0.2, 0) is 11.3 Å². The molecule has 0 fully saturated rings. The quantitative estimate of drug-likeness (QED) is 0.618. The van der Waals surface area contributed by atoms with E-state index in [1.165, 1.54) is 12.1 Å². The number of halogens is 4. The molecule has 0 bridgehead atoms. The van der Waals surface area contributed by atoms with E-state index in [1.54, 1.807) is 0 Å². The predicted octanol–water partition coefficient (Wildman–Crippen LogP) is 4.17. The summed E-state index contributed by atoms with van der Waals surface area (Å²) in [6, 6.07) is 3.38. The Kier molecular flexibility index (Phi) is 6.10. The molecule has 0 atom stereocenters. The van der Waals surface area contributed by atoms with Crippen LogP contribution in [0, 0.1) is 11.6 Å². The maximum Gasteiger partial charge on any atom is 0.254 e. The van der Waals surface area contributed by atoms with Crippen LogP contribution in [0.1, 0.15) is 5.56 Å². The Labute approximate surface area is 128 Å². The summed E-state index contributed by atoms with van der Waals surface area (Å²) in [4.78, 5) is 12.0. The van der Waals surface area contributed by atoms with E-state index in [4.69, 9.17) is 11.6 Å². The molecule has 0 aliphatic carbocycles. The Morgan fingerprint density at radius 1 is 1.40 bits per heavy atom. The van der Waals surface area contributed by atoms with Crippen molar-refractivity contribution >= 4 is 33.4 Å². The van der Waals surface area contributed by atoms with Crippen molar-refractivity contribution < 1.29 is 13.6 Å². The zero-order valence-corrected chi connectivity index (χ0v) is 12.7. The van der Waals surface area contributed by atoms with Crippen LogP contribution in [0.5, 0.6) is 0 Å². The number of amides is 1. The van der Waals surface area contributed by atoms with E-state index in [0.717, 1.165) is 12.1 Å². The number of hydrogen-bond acceptors (Lipinski definition) is 1. The molecular weight excluding hydrogens is 352 g/mol. The number of rotatable bonds is 5. The Morgan fingerprint density at radius 2 is 2.05 bits per heavy atom. The Hall–Kier alpha value is -1.46. The highest BCUT2D eigenvalue weighted by Gasteiger charge is 2.15. The molecule has 106 valence electrons. The molecule has 0 aliphatic heterocycles. The first-order chi connectivity index (χ1) is 9.36. The third-order valence-electron chi connectivity index (χ3n) is 2.35. The standard InChI is InChI=1S/C14H11BrClF2NO/c1-3-10(15)13(8(2)16)14(20)19-7-9-4-5-11(17)12(18)6-9/h3-6H,1-2,7H2,(H,19,20)/b13-10-. The Balaban J connectivity index is 2.83. The zero-order chi connectivity index (χ0) is 15.3. The largest absolute Gasteiger partial charge is 0.348 e. The number of hydrogen-bond donors (Lipinski definition) is 1. The highest BCUT2D eigenvalue weighted by atomic mass is 79.9. The molecule has 1 amide bonds. The van der Waals surface area contributed by atoms with Crippen molar-refractivity contribution in [3.63, 3.8) is 0 Å². The molecule has 0 spiro atoms. The van der Waals surface area contributed by atoms with Crippen LogP contribution in [0.2, 0.25) is 0 Å². The van der Waals surface area contributed by atoms with Crippen LogP contribution in [0.15, 0.2) is 52.5 Å². The second-order valence-electron chi connectivity index (χ2n) is 3.76. The Bertz CT molecular complexity index is 599. The number of nitrogens with one attached hydrogen (secondary N) is 1. The number of carbonyl (C=O) groups excluding carboxylic acids is 1. The average Bonchev–Trinajstić information content (AvgIpc) is 2.39. The van der Waals surface area contributed by atoms with Gasteiger partial charge in [0.05, 0.1) is 5.57 Å². The van der Waals surface area contributed by atoms with Gasteiger partial charge in [0.2, 0.25) is 0 Å². The van der Waals surface area contributed by atoms with Gasteiger partial charge < -0.3 is 5.32 Å². The number of benzene rings is 1. The molecule has 0 aliphatic rings. The lowest BCUT2D eigenvalue weighted by Crippen LogP contribution is -2.25. The fraction of sp³-hybridized carbons (Fsp3) is 0.0714. The third kappa shape index (κ3) is 4.28. The van der Waals surface area contributed by atoms with E-state index in [-0.39, 0.29) is 17.2 Å². The molecule has 0 unspecified atom stereocenters. The third-order valence-corrected chi connectivity index (χ3v) is 3.26. The van der Waals surface area contributed by atoms with Crippen LogP contribution < -0.4 is 5.32 Å². The van der Waals surface area contributed by atoms with Crippen molar-refractivity contribution in [2.75, 3.05) is 0 Å². The van der Waals surface area contributed by atoms with Crippen molar-refractivity contribution in [1.29, 1.82) is 0 Å². The fourth-order valence-corrected chi connectivity index (χ4v) is 2.10. The SMILES string of the molecule is C=C/C(Br)=C(\C(=C)Cl)C(=O)NCc1ccc(F)c(F)c1. The highest BCUT2D eigenvalue weighted by Crippen LogP contribution is 2.22. The van der Waals surface area contributed by atoms with Gasteiger partial charge in [0.15, 0.2) is 11.6 Å². The molecule has 0 heterocycles. The van der Waals surface area contributed by atoms with Gasteiger partial charge in [-0.15, -0.1) is 0 Å². The summed E-state index contributed by atoms with van der Waals surface area (Å²) in [7, 11) is 0. The van der Waals surface area contributed by atoms with Crippen LogP contribution in [0.4, 0.5) is 8.78 Å². The van der Waals surface area contributed by atoms with Crippen molar-refractivity contribution in [3.8, 4) is 0 Å². The summed E-state index contributed by atoms with van der Waals surface area (Å²) < 4.78 is 26.2. The van der Waals surface area contributed by atoms with Gasteiger partial charge in [-0.1, -0.05) is 36.9 Å². The van der Waals surface area contributed by atoms with Gasteiger partial charge in [-0.2, -0.15) is 0 Å². The summed E-state index contributed by atoms with van der Waals surface area (Å²) in [6.45, 7) is 7.02. The topological polar surface area (TPSA) is 29.1 Å². The van der Waals surface area contributed by atoms with Crippen molar-refractivity contribution in [2.45, 2.75) is 6.54 Å². The van der Waals surface area contributed by atoms with Gasteiger partial charge in [-0.3, -0.25) is 4.79 Å². The van der Waals surface area contributed by atoms with Crippen LogP contribution in [0.25, 0.3) is 0 Å². The molecule has 0 saturated carbocycles. The Morgan fingerprint density at radius 3 is 2.55 bits per heavy atom. The van der Waals surface area contributed by atoms with Gasteiger partial charge in [0, 0.05) is 16.1 Å². The second kappa shape index (κ2) is 7.36.